The Labute approximate surface area is 205 Å². The van der Waals surface area contributed by atoms with E-state index in [1.54, 1.807) is 23.1 Å². The topological polar surface area (TPSA) is 112 Å². The molecule has 1 aliphatic rings. The summed E-state index contributed by atoms with van der Waals surface area (Å²) in [5.74, 6) is -0.904. The highest BCUT2D eigenvalue weighted by Crippen LogP contribution is 2.29. The third-order valence-corrected chi connectivity index (χ3v) is 5.83. The molecule has 184 valence electrons. The minimum Gasteiger partial charge on any atom is -0.464 e. The molecule has 35 heavy (non-hydrogen) atoms. The summed E-state index contributed by atoms with van der Waals surface area (Å²) in [6.07, 6.45) is 2.35. The summed E-state index contributed by atoms with van der Waals surface area (Å²) in [5, 5.41) is 11.0. The van der Waals surface area contributed by atoms with E-state index in [0.717, 1.165) is 23.2 Å². The molecule has 2 heterocycles. The van der Waals surface area contributed by atoms with Gasteiger partial charge in [-0.15, -0.1) is 0 Å². The largest absolute Gasteiger partial charge is 0.464 e. The molecule has 1 aliphatic heterocycles. The zero-order valence-corrected chi connectivity index (χ0v) is 21.1. The molecular weight excluding hydrogens is 444 g/mol. The van der Waals surface area contributed by atoms with Crippen molar-refractivity contribution < 1.29 is 19.1 Å². The lowest BCUT2D eigenvalue weighted by molar-refractivity contribution is -0.137. The Morgan fingerprint density at radius 2 is 1.91 bits per heavy atom. The Hall–Kier alpha value is -3.81. The molecule has 0 fully saturated rings. The zero-order chi connectivity index (χ0) is 25.9. The van der Waals surface area contributed by atoms with Crippen LogP contribution in [0.3, 0.4) is 0 Å². The van der Waals surface area contributed by atoms with Crippen LogP contribution in [0.1, 0.15) is 73.1 Å². The van der Waals surface area contributed by atoms with Gasteiger partial charge >= 0.3 is 5.97 Å². The second kappa shape index (κ2) is 10.2. The monoisotopic (exact) mass is 476 g/mol. The van der Waals surface area contributed by atoms with Crippen LogP contribution in [0.2, 0.25) is 0 Å². The van der Waals surface area contributed by atoms with Gasteiger partial charge in [-0.3, -0.25) is 15.0 Å². The zero-order valence-electron chi connectivity index (χ0n) is 21.1. The highest BCUT2D eigenvalue weighted by atomic mass is 16.5. The number of Topliss-reactive ketones (excluding diaryl/α,β-unsaturated/α-hetero) is 1. The summed E-state index contributed by atoms with van der Waals surface area (Å²) in [5.41, 5.74) is 4.22. The van der Waals surface area contributed by atoms with Crippen LogP contribution in [0.25, 0.3) is 6.08 Å². The number of ketones is 1. The number of hydrogen-bond acceptors (Lipinski definition) is 6. The molecule has 8 nitrogen and oxygen atoms in total. The summed E-state index contributed by atoms with van der Waals surface area (Å²) in [6.45, 7) is 9.90. The highest BCUT2D eigenvalue weighted by Gasteiger charge is 2.28. The molecule has 1 aromatic heterocycles. The van der Waals surface area contributed by atoms with Crippen molar-refractivity contribution in [3.05, 3.63) is 69.7 Å². The predicted octanol–water partition coefficient (Wildman–Crippen LogP) is 3.62. The maximum absolute atomic E-state index is 13.2. The van der Waals surface area contributed by atoms with Crippen LogP contribution in [0.4, 0.5) is 0 Å². The van der Waals surface area contributed by atoms with Gasteiger partial charge in [0.05, 0.1) is 13.7 Å². The Bertz CT molecular complexity index is 1220. The number of aryl methyl sites for hydroxylation is 1. The molecule has 0 spiro atoms. The number of pyridine rings is 1. The van der Waals surface area contributed by atoms with E-state index in [4.69, 9.17) is 10.1 Å². The number of nitrogens with one attached hydrogen (secondary N) is 2. The van der Waals surface area contributed by atoms with Gasteiger partial charge in [-0.25, -0.2) is 9.78 Å². The molecule has 2 N–H and O–H groups in total. The number of ether oxygens (including phenoxy) is 1. The SMILES string of the molecule is CCc1ccc2c(n1)C(=N)N(CC(=O)c1ccc(/C=C(/NC(C)=O)C(=O)OC)c(C(C)(C)C)c1)C2. The summed E-state index contributed by atoms with van der Waals surface area (Å²) in [7, 11) is 1.25. The van der Waals surface area contributed by atoms with Gasteiger partial charge in [0.1, 0.15) is 17.2 Å². The number of esters is 1. The van der Waals surface area contributed by atoms with Crippen LogP contribution in [0.5, 0.6) is 0 Å². The number of rotatable bonds is 7. The van der Waals surface area contributed by atoms with E-state index >= 15 is 0 Å². The molecule has 0 saturated carbocycles. The van der Waals surface area contributed by atoms with Gasteiger partial charge in [-0.2, -0.15) is 0 Å². The van der Waals surface area contributed by atoms with Crippen LogP contribution in [0, 0.1) is 5.41 Å². The number of amidine groups is 1. The van der Waals surface area contributed by atoms with Crippen LogP contribution in [-0.4, -0.2) is 47.0 Å². The van der Waals surface area contributed by atoms with Gasteiger partial charge in [0.25, 0.3) is 0 Å². The lowest BCUT2D eigenvalue weighted by Crippen LogP contribution is -2.30. The molecular formula is C27H32N4O4. The Balaban J connectivity index is 1.90. The minimum absolute atomic E-state index is 0.0202. The Kier molecular flexibility index (Phi) is 7.53. The van der Waals surface area contributed by atoms with E-state index < -0.39 is 5.97 Å². The van der Waals surface area contributed by atoms with E-state index in [2.05, 4.69) is 10.3 Å². The number of benzene rings is 1. The van der Waals surface area contributed by atoms with Crippen molar-refractivity contribution in [2.45, 2.75) is 53.0 Å². The molecule has 0 aliphatic carbocycles. The van der Waals surface area contributed by atoms with Crippen molar-refractivity contribution in [1.29, 1.82) is 5.41 Å². The van der Waals surface area contributed by atoms with Crippen molar-refractivity contribution in [3.63, 3.8) is 0 Å². The molecule has 2 aromatic rings. The van der Waals surface area contributed by atoms with Crippen LogP contribution < -0.4 is 5.32 Å². The first kappa shape index (κ1) is 25.8. The smallest absolute Gasteiger partial charge is 0.354 e. The van der Waals surface area contributed by atoms with Crippen molar-refractivity contribution in [3.8, 4) is 0 Å². The van der Waals surface area contributed by atoms with Crippen molar-refractivity contribution in [1.82, 2.24) is 15.2 Å². The molecule has 0 radical (unpaired) electrons. The number of methoxy groups -OCH3 is 1. The van der Waals surface area contributed by atoms with Crippen LogP contribution in [0.15, 0.2) is 36.0 Å². The highest BCUT2D eigenvalue weighted by molar-refractivity contribution is 6.04. The first-order valence-corrected chi connectivity index (χ1v) is 11.5. The quantitative estimate of drug-likeness (QED) is 0.359. The van der Waals surface area contributed by atoms with E-state index in [1.165, 1.54) is 14.0 Å². The van der Waals surface area contributed by atoms with Gasteiger partial charge in [-0.1, -0.05) is 45.9 Å². The summed E-state index contributed by atoms with van der Waals surface area (Å²) >= 11 is 0. The lowest BCUT2D eigenvalue weighted by Gasteiger charge is -2.23. The summed E-state index contributed by atoms with van der Waals surface area (Å²) in [4.78, 5) is 43.2. The maximum atomic E-state index is 13.2. The molecule has 0 atom stereocenters. The van der Waals surface area contributed by atoms with Crippen molar-refractivity contribution in [2.24, 2.45) is 0 Å². The second-order valence-corrected chi connectivity index (χ2v) is 9.57. The lowest BCUT2D eigenvalue weighted by atomic mass is 9.82. The fourth-order valence-corrected chi connectivity index (χ4v) is 4.00. The molecule has 0 saturated heterocycles. The number of hydrogen-bond donors (Lipinski definition) is 2. The van der Waals surface area contributed by atoms with E-state index in [0.29, 0.717) is 23.4 Å². The maximum Gasteiger partial charge on any atom is 0.354 e. The third kappa shape index (κ3) is 5.82. The first-order valence-electron chi connectivity index (χ1n) is 11.5. The number of carbonyl (C=O) groups is 3. The number of nitrogens with zero attached hydrogens (tertiary/aromatic N) is 2. The van der Waals surface area contributed by atoms with Gasteiger partial charge in [0.15, 0.2) is 5.78 Å². The van der Waals surface area contributed by atoms with Gasteiger partial charge in [-0.05, 0) is 41.2 Å². The Morgan fingerprint density at radius 3 is 2.51 bits per heavy atom. The number of aromatic nitrogens is 1. The van der Waals surface area contributed by atoms with E-state index in [1.807, 2.05) is 45.9 Å². The van der Waals surface area contributed by atoms with Crippen LogP contribution in [-0.2, 0) is 32.7 Å². The fourth-order valence-electron chi connectivity index (χ4n) is 4.00. The average Bonchev–Trinajstić information content (AvgIpc) is 3.11. The normalized spacial score (nSPS) is 13.5. The first-order chi connectivity index (χ1) is 16.4. The third-order valence-electron chi connectivity index (χ3n) is 5.83. The van der Waals surface area contributed by atoms with E-state index in [-0.39, 0.29) is 35.2 Å². The molecule has 0 bridgehead atoms. The second-order valence-electron chi connectivity index (χ2n) is 9.57. The summed E-state index contributed by atoms with van der Waals surface area (Å²) < 4.78 is 4.79. The van der Waals surface area contributed by atoms with Crippen molar-refractivity contribution >= 4 is 29.6 Å². The average molecular weight is 477 g/mol. The molecule has 8 heteroatoms. The number of fused-ring (bicyclic) bond motifs is 1. The fraction of sp³-hybridized carbons (Fsp3) is 0.370. The summed E-state index contributed by atoms with van der Waals surface area (Å²) in [6, 6.07) is 9.22. The van der Waals surface area contributed by atoms with Gasteiger partial charge in [0.2, 0.25) is 5.91 Å². The standard InChI is InChI=1S/C27H32N4O4/c1-7-20-11-10-19-14-31(25(28)24(19)30-20)15-23(33)18-9-8-17(21(12-18)27(3,4)5)13-22(26(34)35-6)29-16(2)32/h8-13,28H,7,14-15H2,1-6H3,(H,29,32)/b22-13+,28-25?. The molecule has 3 rings (SSSR count). The predicted molar refractivity (Wildman–Crippen MR) is 134 cm³/mol. The Morgan fingerprint density at radius 1 is 1.20 bits per heavy atom. The number of amides is 1. The van der Waals surface area contributed by atoms with E-state index in [9.17, 15) is 14.4 Å². The van der Waals surface area contributed by atoms with Crippen molar-refractivity contribution in [2.75, 3.05) is 13.7 Å². The molecule has 0 unspecified atom stereocenters. The van der Waals surface area contributed by atoms with Crippen LogP contribution >= 0.6 is 0 Å². The van der Waals surface area contributed by atoms with Gasteiger partial charge in [0, 0.05) is 30.3 Å². The molecule has 1 amide bonds. The van der Waals surface area contributed by atoms with Gasteiger partial charge < -0.3 is 15.0 Å². The number of carbonyl (C=O) groups excluding carboxylic acids is 3. The molecule has 1 aromatic carbocycles. The minimum atomic E-state index is -0.660.